The van der Waals surface area contributed by atoms with Crippen molar-refractivity contribution in [3.63, 3.8) is 0 Å². The molecule has 0 atom stereocenters. The third-order valence-corrected chi connectivity index (χ3v) is 4.82. The van der Waals surface area contributed by atoms with Crippen molar-refractivity contribution in [2.24, 2.45) is 5.92 Å². The molecule has 0 aliphatic heterocycles. The number of esters is 1. The van der Waals surface area contributed by atoms with Crippen LogP contribution in [0.3, 0.4) is 0 Å². The molecule has 0 radical (unpaired) electrons. The summed E-state index contributed by atoms with van der Waals surface area (Å²) in [7, 11) is 1.40. The zero-order valence-corrected chi connectivity index (χ0v) is 12.5. The summed E-state index contributed by atoms with van der Waals surface area (Å²) in [5, 5.41) is 4.16. The van der Waals surface area contributed by atoms with Crippen molar-refractivity contribution < 1.29 is 9.53 Å². The largest absolute Gasteiger partial charge is 0.465 e. The minimum Gasteiger partial charge on any atom is -0.465 e. The van der Waals surface area contributed by atoms with Crippen molar-refractivity contribution in [2.45, 2.75) is 45.4 Å². The number of aryl methyl sites for hydroxylation is 1. The molecule has 1 aliphatic carbocycles. The predicted molar refractivity (Wildman–Crippen MR) is 77.9 cm³/mol. The number of rotatable bonds is 5. The van der Waals surface area contributed by atoms with Crippen LogP contribution >= 0.6 is 11.3 Å². The highest BCUT2D eigenvalue weighted by Crippen LogP contribution is 2.27. The molecule has 19 heavy (non-hydrogen) atoms. The van der Waals surface area contributed by atoms with E-state index < -0.39 is 0 Å². The number of carbonyl (C=O) groups is 1. The third-order valence-electron chi connectivity index (χ3n) is 3.72. The number of methoxy groups -OCH3 is 1. The van der Waals surface area contributed by atoms with Gasteiger partial charge in [0, 0.05) is 6.54 Å². The second-order valence-corrected chi connectivity index (χ2v) is 6.14. The molecule has 1 saturated carbocycles. The van der Waals surface area contributed by atoms with Gasteiger partial charge in [-0.05, 0) is 19.3 Å². The van der Waals surface area contributed by atoms with E-state index in [0.29, 0.717) is 4.88 Å². The zero-order valence-electron chi connectivity index (χ0n) is 11.7. The Kier molecular flexibility index (Phi) is 5.19. The minimum absolute atomic E-state index is 0.296. The molecule has 1 aromatic heterocycles. The van der Waals surface area contributed by atoms with Crippen molar-refractivity contribution in [3.05, 3.63) is 10.6 Å². The molecule has 1 heterocycles. The van der Waals surface area contributed by atoms with Crippen LogP contribution in [0, 0.1) is 12.8 Å². The molecule has 2 rings (SSSR count). The Morgan fingerprint density at radius 1 is 1.42 bits per heavy atom. The Hall–Kier alpha value is -1.10. The highest BCUT2D eigenvalue weighted by Gasteiger charge is 2.16. The van der Waals surface area contributed by atoms with Crippen molar-refractivity contribution in [3.8, 4) is 0 Å². The fourth-order valence-corrected chi connectivity index (χ4v) is 3.52. The molecule has 0 aromatic carbocycles. The molecule has 0 bridgehead atoms. The third kappa shape index (κ3) is 3.93. The van der Waals surface area contributed by atoms with Gasteiger partial charge in [0.15, 0.2) is 5.13 Å². The maximum absolute atomic E-state index is 11.5. The number of thiazole rings is 1. The van der Waals surface area contributed by atoms with E-state index in [1.807, 2.05) is 6.92 Å². The minimum atomic E-state index is -0.296. The van der Waals surface area contributed by atoms with Gasteiger partial charge < -0.3 is 10.1 Å². The van der Waals surface area contributed by atoms with Gasteiger partial charge in [-0.3, -0.25) is 0 Å². The van der Waals surface area contributed by atoms with Crippen molar-refractivity contribution in [2.75, 3.05) is 19.0 Å². The zero-order chi connectivity index (χ0) is 13.7. The first-order chi connectivity index (χ1) is 9.20. The Balaban J connectivity index is 1.81. The summed E-state index contributed by atoms with van der Waals surface area (Å²) in [5.41, 5.74) is 0.747. The Morgan fingerprint density at radius 2 is 2.16 bits per heavy atom. The smallest absolute Gasteiger partial charge is 0.350 e. The lowest BCUT2D eigenvalue weighted by atomic mass is 9.87. The summed E-state index contributed by atoms with van der Waals surface area (Å²) < 4.78 is 4.73. The van der Waals surface area contributed by atoms with E-state index in [9.17, 15) is 4.79 Å². The summed E-state index contributed by atoms with van der Waals surface area (Å²) in [6, 6.07) is 0. The number of hydrogen-bond acceptors (Lipinski definition) is 5. The first-order valence-electron chi connectivity index (χ1n) is 7.00. The van der Waals surface area contributed by atoms with Crippen LogP contribution in [0.1, 0.15) is 53.9 Å². The van der Waals surface area contributed by atoms with E-state index in [1.165, 1.54) is 57.0 Å². The highest BCUT2D eigenvalue weighted by atomic mass is 32.1. The van der Waals surface area contributed by atoms with Crippen LogP contribution in [-0.4, -0.2) is 24.6 Å². The van der Waals surface area contributed by atoms with Crippen LogP contribution in [0.4, 0.5) is 5.13 Å². The number of ether oxygens (including phenoxy) is 1. The van der Waals surface area contributed by atoms with Gasteiger partial charge in [0.2, 0.25) is 0 Å². The van der Waals surface area contributed by atoms with Crippen LogP contribution in [-0.2, 0) is 4.74 Å². The van der Waals surface area contributed by atoms with Gasteiger partial charge in [-0.25, -0.2) is 9.78 Å². The van der Waals surface area contributed by atoms with Crippen molar-refractivity contribution >= 4 is 22.4 Å². The number of anilines is 1. The fraction of sp³-hybridized carbons (Fsp3) is 0.714. The SMILES string of the molecule is COC(=O)c1sc(NCCC2CCCCC2)nc1C. The van der Waals surface area contributed by atoms with Crippen LogP contribution in [0.5, 0.6) is 0 Å². The highest BCUT2D eigenvalue weighted by molar-refractivity contribution is 7.17. The van der Waals surface area contributed by atoms with E-state index in [1.54, 1.807) is 0 Å². The molecular formula is C14H22N2O2S. The number of aromatic nitrogens is 1. The summed E-state index contributed by atoms with van der Waals surface area (Å²) >= 11 is 1.38. The van der Waals surface area contributed by atoms with Crippen LogP contribution in [0.2, 0.25) is 0 Å². The van der Waals surface area contributed by atoms with Gasteiger partial charge in [-0.15, -0.1) is 0 Å². The maximum atomic E-state index is 11.5. The Labute approximate surface area is 118 Å². The molecule has 0 amide bonds. The van der Waals surface area contributed by atoms with Crippen molar-refractivity contribution in [1.82, 2.24) is 4.98 Å². The number of carbonyl (C=O) groups excluding carboxylic acids is 1. The maximum Gasteiger partial charge on any atom is 0.350 e. The molecule has 0 spiro atoms. The molecule has 1 fully saturated rings. The molecule has 1 aliphatic rings. The fourth-order valence-electron chi connectivity index (χ4n) is 2.61. The molecule has 0 saturated heterocycles. The Bertz CT molecular complexity index is 425. The van der Waals surface area contributed by atoms with E-state index in [4.69, 9.17) is 4.74 Å². The van der Waals surface area contributed by atoms with Gasteiger partial charge in [0.1, 0.15) is 4.88 Å². The second-order valence-electron chi connectivity index (χ2n) is 5.14. The quantitative estimate of drug-likeness (QED) is 0.838. The van der Waals surface area contributed by atoms with Gasteiger partial charge >= 0.3 is 5.97 Å². The lowest BCUT2D eigenvalue weighted by Crippen LogP contribution is -2.12. The molecule has 1 N–H and O–H groups in total. The number of nitrogens with zero attached hydrogens (tertiary/aromatic N) is 1. The first-order valence-corrected chi connectivity index (χ1v) is 7.82. The first kappa shape index (κ1) is 14.3. The summed E-state index contributed by atoms with van der Waals surface area (Å²) in [6.07, 6.45) is 8.10. The summed E-state index contributed by atoms with van der Waals surface area (Å²) in [5.74, 6) is 0.567. The monoisotopic (exact) mass is 282 g/mol. The molecule has 4 nitrogen and oxygen atoms in total. The van der Waals surface area contributed by atoms with Crippen LogP contribution < -0.4 is 5.32 Å². The molecule has 1 aromatic rings. The van der Waals surface area contributed by atoms with E-state index in [2.05, 4.69) is 10.3 Å². The van der Waals surface area contributed by atoms with Crippen LogP contribution in [0.25, 0.3) is 0 Å². The van der Waals surface area contributed by atoms with Gasteiger partial charge in [0.05, 0.1) is 12.8 Å². The molecule has 106 valence electrons. The number of hydrogen-bond donors (Lipinski definition) is 1. The Morgan fingerprint density at radius 3 is 2.84 bits per heavy atom. The molecular weight excluding hydrogens is 260 g/mol. The summed E-state index contributed by atoms with van der Waals surface area (Å²) in [6.45, 7) is 2.79. The average Bonchev–Trinajstić information content (AvgIpc) is 2.80. The van der Waals surface area contributed by atoms with Gasteiger partial charge in [-0.1, -0.05) is 43.4 Å². The predicted octanol–water partition coefficient (Wildman–Crippen LogP) is 3.62. The molecule has 0 unspecified atom stereocenters. The average molecular weight is 282 g/mol. The summed E-state index contributed by atoms with van der Waals surface area (Å²) in [4.78, 5) is 16.5. The normalized spacial score (nSPS) is 16.3. The van der Waals surface area contributed by atoms with Crippen LogP contribution in [0.15, 0.2) is 0 Å². The second kappa shape index (κ2) is 6.89. The topological polar surface area (TPSA) is 51.2 Å². The lowest BCUT2D eigenvalue weighted by Gasteiger charge is -2.21. The van der Waals surface area contributed by atoms with Gasteiger partial charge in [-0.2, -0.15) is 0 Å². The lowest BCUT2D eigenvalue weighted by molar-refractivity contribution is 0.0605. The standard InChI is InChI=1S/C14H22N2O2S/c1-10-12(13(17)18-2)19-14(16-10)15-9-8-11-6-4-3-5-7-11/h11H,3-9H2,1-2H3,(H,15,16). The van der Waals surface area contributed by atoms with E-state index in [0.717, 1.165) is 23.3 Å². The number of nitrogens with one attached hydrogen (secondary N) is 1. The van der Waals surface area contributed by atoms with E-state index >= 15 is 0 Å². The molecule has 5 heteroatoms. The van der Waals surface area contributed by atoms with Crippen molar-refractivity contribution in [1.29, 1.82) is 0 Å². The van der Waals surface area contributed by atoms with E-state index in [-0.39, 0.29) is 5.97 Å². The van der Waals surface area contributed by atoms with Gasteiger partial charge in [0.25, 0.3) is 0 Å².